The third kappa shape index (κ3) is 3.86. The Morgan fingerprint density at radius 1 is 1.14 bits per heavy atom. The van der Waals surface area contributed by atoms with Crippen LogP contribution in [0.5, 0.6) is 0 Å². The Hall–Kier alpha value is -3.26. The van der Waals surface area contributed by atoms with Crippen LogP contribution in [0, 0.1) is 0 Å². The molecule has 0 bridgehead atoms. The molecule has 0 radical (unpaired) electrons. The second kappa shape index (κ2) is 8.18. The summed E-state index contributed by atoms with van der Waals surface area (Å²) in [6.45, 7) is 1.52. The summed E-state index contributed by atoms with van der Waals surface area (Å²) in [5, 5.41) is 5.70. The number of nitrogens with zero attached hydrogens (tertiary/aromatic N) is 3. The zero-order valence-corrected chi connectivity index (χ0v) is 15.3. The summed E-state index contributed by atoms with van der Waals surface area (Å²) in [5.74, 6) is -0.480. The molecule has 4 rings (SSSR count). The number of fused-ring (bicyclic) bond motifs is 1. The SMILES string of the molecule is O=C(NCc1ccncc1)c1nc(C(=O)NCC2CCCO2)n2ccccc12. The van der Waals surface area contributed by atoms with Crippen molar-refractivity contribution in [2.75, 3.05) is 13.2 Å². The second-order valence-corrected chi connectivity index (χ2v) is 6.62. The molecular weight excluding hydrogens is 358 g/mol. The van der Waals surface area contributed by atoms with Gasteiger partial charge in [0.05, 0.1) is 11.6 Å². The average Bonchev–Trinajstić information content (AvgIpc) is 3.39. The first-order chi connectivity index (χ1) is 13.7. The summed E-state index contributed by atoms with van der Waals surface area (Å²) in [6.07, 6.45) is 7.05. The van der Waals surface area contributed by atoms with Crippen molar-refractivity contribution in [2.45, 2.75) is 25.5 Å². The summed E-state index contributed by atoms with van der Waals surface area (Å²) in [5.41, 5.74) is 1.73. The third-order valence-corrected chi connectivity index (χ3v) is 4.68. The van der Waals surface area contributed by atoms with Crippen LogP contribution >= 0.6 is 0 Å². The second-order valence-electron chi connectivity index (χ2n) is 6.62. The van der Waals surface area contributed by atoms with Crippen LogP contribution in [0.1, 0.15) is 39.5 Å². The van der Waals surface area contributed by atoms with Gasteiger partial charge in [-0.05, 0) is 42.7 Å². The molecule has 144 valence electrons. The van der Waals surface area contributed by atoms with Crippen LogP contribution in [0.25, 0.3) is 5.52 Å². The van der Waals surface area contributed by atoms with Gasteiger partial charge in [-0.1, -0.05) is 6.07 Å². The quantitative estimate of drug-likeness (QED) is 0.678. The number of aromatic nitrogens is 3. The number of hydrogen-bond donors (Lipinski definition) is 2. The lowest BCUT2D eigenvalue weighted by Crippen LogP contribution is -2.33. The molecule has 0 aliphatic carbocycles. The van der Waals surface area contributed by atoms with Crippen molar-refractivity contribution < 1.29 is 14.3 Å². The lowest BCUT2D eigenvalue weighted by Gasteiger charge is -2.10. The number of carbonyl (C=O) groups is 2. The number of hydrogen-bond acceptors (Lipinski definition) is 5. The van der Waals surface area contributed by atoms with Gasteiger partial charge in [-0.15, -0.1) is 0 Å². The largest absolute Gasteiger partial charge is 0.376 e. The number of amides is 2. The maximum absolute atomic E-state index is 12.7. The van der Waals surface area contributed by atoms with Gasteiger partial charge in [0.25, 0.3) is 11.8 Å². The van der Waals surface area contributed by atoms with Crippen molar-refractivity contribution in [1.29, 1.82) is 0 Å². The molecule has 1 saturated heterocycles. The normalized spacial score (nSPS) is 16.2. The molecule has 8 nitrogen and oxygen atoms in total. The predicted molar refractivity (Wildman–Crippen MR) is 102 cm³/mol. The fraction of sp³-hybridized carbons (Fsp3) is 0.300. The number of carbonyl (C=O) groups excluding carboxylic acids is 2. The Kier molecular flexibility index (Phi) is 5.29. The molecule has 0 aromatic carbocycles. The lowest BCUT2D eigenvalue weighted by atomic mass is 10.2. The highest BCUT2D eigenvalue weighted by atomic mass is 16.5. The molecule has 4 heterocycles. The maximum Gasteiger partial charge on any atom is 0.287 e. The van der Waals surface area contributed by atoms with Crippen molar-refractivity contribution in [3.05, 3.63) is 66.0 Å². The van der Waals surface area contributed by atoms with Crippen molar-refractivity contribution >= 4 is 17.3 Å². The first kappa shape index (κ1) is 18.1. The van der Waals surface area contributed by atoms with E-state index in [4.69, 9.17) is 4.74 Å². The maximum atomic E-state index is 12.7. The third-order valence-electron chi connectivity index (χ3n) is 4.68. The summed E-state index contributed by atoms with van der Waals surface area (Å²) in [7, 11) is 0. The Bertz CT molecular complexity index is 980. The number of pyridine rings is 2. The van der Waals surface area contributed by atoms with Gasteiger partial charge in [-0.3, -0.25) is 19.0 Å². The van der Waals surface area contributed by atoms with E-state index in [1.807, 2.05) is 18.2 Å². The Labute approximate surface area is 161 Å². The van der Waals surface area contributed by atoms with Crippen LogP contribution < -0.4 is 10.6 Å². The number of imidazole rings is 1. The fourth-order valence-corrected chi connectivity index (χ4v) is 3.22. The van der Waals surface area contributed by atoms with Crippen LogP contribution in [0.2, 0.25) is 0 Å². The van der Waals surface area contributed by atoms with Crippen LogP contribution in [-0.2, 0) is 11.3 Å². The molecule has 3 aromatic heterocycles. The molecule has 28 heavy (non-hydrogen) atoms. The topological polar surface area (TPSA) is 97.6 Å². The van der Waals surface area contributed by atoms with Crippen LogP contribution in [0.4, 0.5) is 0 Å². The minimum absolute atomic E-state index is 0.0401. The van der Waals surface area contributed by atoms with E-state index < -0.39 is 0 Å². The molecule has 0 spiro atoms. The average molecular weight is 379 g/mol. The molecule has 2 amide bonds. The fourth-order valence-electron chi connectivity index (χ4n) is 3.22. The Balaban J connectivity index is 1.52. The van der Waals surface area contributed by atoms with Gasteiger partial charge >= 0.3 is 0 Å². The van der Waals surface area contributed by atoms with Crippen molar-refractivity contribution in [3.8, 4) is 0 Å². The molecule has 8 heteroatoms. The van der Waals surface area contributed by atoms with Crippen LogP contribution in [0.3, 0.4) is 0 Å². The van der Waals surface area contributed by atoms with Crippen LogP contribution in [0.15, 0.2) is 48.9 Å². The molecule has 0 saturated carbocycles. The monoisotopic (exact) mass is 379 g/mol. The minimum Gasteiger partial charge on any atom is -0.376 e. The van der Waals surface area contributed by atoms with Gasteiger partial charge < -0.3 is 15.4 Å². The van der Waals surface area contributed by atoms with Crippen molar-refractivity contribution in [1.82, 2.24) is 25.0 Å². The summed E-state index contributed by atoms with van der Waals surface area (Å²) >= 11 is 0. The highest BCUT2D eigenvalue weighted by Gasteiger charge is 2.23. The van der Waals surface area contributed by atoms with Crippen molar-refractivity contribution in [3.63, 3.8) is 0 Å². The molecule has 1 atom stereocenters. The van der Waals surface area contributed by atoms with Crippen molar-refractivity contribution in [2.24, 2.45) is 0 Å². The minimum atomic E-state index is -0.335. The van der Waals surface area contributed by atoms with E-state index in [1.165, 1.54) is 0 Å². The molecule has 1 unspecified atom stereocenters. The highest BCUT2D eigenvalue weighted by molar-refractivity contribution is 6.02. The number of rotatable bonds is 6. The zero-order chi connectivity index (χ0) is 19.3. The Morgan fingerprint density at radius 3 is 2.79 bits per heavy atom. The first-order valence-electron chi connectivity index (χ1n) is 9.26. The van der Waals surface area contributed by atoms with Gasteiger partial charge in [-0.2, -0.15) is 0 Å². The van der Waals surface area contributed by atoms with Gasteiger partial charge in [-0.25, -0.2) is 4.98 Å². The van der Waals surface area contributed by atoms with E-state index in [-0.39, 0.29) is 29.4 Å². The van der Waals surface area contributed by atoms with E-state index in [1.54, 1.807) is 35.1 Å². The molecule has 3 aromatic rings. The molecule has 1 aliphatic rings. The van der Waals surface area contributed by atoms with Gasteiger partial charge in [0, 0.05) is 38.3 Å². The summed E-state index contributed by atoms with van der Waals surface area (Å²) < 4.78 is 7.16. The molecule has 1 aliphatic heterocycles. The highest BCUT2D eigenvalue weighted by Crippen LogP contribution is 2.15. The first-order valence-corrected chi connectivity index (χ1v) is 9.26. The van der Waals surface area contributed by atoms with E-state index in [0.717, 1.165) is 25.0 Å². The Morgan fingerprint density at radius 2 is 2.00 bits per heavy atom. The predicted octanol–water partition coefficient (Wildman–Crippen LogP) is 1.57. The summed E-state index contributed by atoms with van der Waals surface area (Å²) in [4.78, 5) is 33.6. The zero-order valence-electron chi connectivity index (χ0n) is 15.3. The number of nitrogens with one attached hydrogen (secondary N) is 2. The van der Waals surface area contributed by atoms with Crippen LogP contribution in [-0.4, -0.2) is 45.4 Å². The molecule has 2 N–H and O–H groups in total. The smallest absolute Gasteiger partial charge is 0.287 e. The summed E-state index contributed by atoms with van der Waals surface area (Å²) in [6, 6.07) is 9.03. The van der Waals surface area contributed by atoms with Gasteiger partial charge in [0.15, 0.2) is 5.69 Å². The lowest BCUT2D eigenvalue weighted by molar-refractivity contribution is 0.0848. The van der Waals surface area contributed by atoms with E-state index in [0.29, 0.717) is 18.6 Å². The number of ether oxygens (including phenoxy) is 1. The van der Waals surface area contributed by atoms with E-state index in [2.05, 4.69) is 20.6 Å². The standard InChI is InChI=1S/C20H21N5O3/c26-19(22-12-14-6-8-21-9-7-14)17-16-5-1-2-10-25(16)18(24-17)20(27)23-13-15-4-3-11-28-15/h1-2,5-10,15H,3-4,11-13H2,(H,22,26)(H,23,27). The van der Waals surface area contributed by atoms with Gasteiger partial charge in [0.1, 0.15) is 0 Å². The molecular formula is C20H21N5O3. The van der Waals surface area contributed by atoms with E-state index >= 15 is 0 Å². The van der Waals surface area contributed by atoms with E-state index in [9.17, 15) is 9.59 Å². The molecule has 1 fully saturated rings. The van der Waals surface area contributed by atoms with Gasteiger partial charge in [0.2, 0.25) is 5.82 Å².